The van der Waals surface area contributed by atoms with Gasteiger partial charge in [-0.2, -0.15) is 5.10 Å². The molecule has 96 valence electrons. The van der Waals surface area contributed by atoms with Crippen LogP contribution in [0, 0.1) is 20.8 Å². The first-order chi connectivity index (χ1) is 8.51. The van der Waals surface area contributed by atoms with Crippen molar-refractivity contribution in [3.63, 3.8) is 0 Å². The maximum absolute atomic E-state index is 11.4. The Morgan fingerprint density at radius 1 is 1.50 bits per heavy atom. The number of thiophene rings is 1. The second-order valence-electron chi connectivity index (χ2n) is 4.03. The van der Waals surface area contributed by atoms with E-state index < -0.39 is 0 Å². The molecular formula is C11H15N5OS. The van der Waals surface area contributed by atoms with Crippen molar-refractivity contribution in [2.45, 2.75) is 27.3 Å². The Bertz CT molecular complexity index is 586. The molecular weight excluding hydrogens is 250 g/mol. The van der Waals surface area contributed by atoms with Crippen molar-refractivity contribution in [1.82, 2.24) is 20.2 Å². The minimum Gasteiger partial charge on any atom is -0.289 e. The lowest BCUT2D eigenvalue weighted by atomic mass is 10.2. The van der Waals surface area contributed by atoms with Gasteiger partial charge in [0.2, 0.25) is 0 Å². The molecule has 2 rings (SSSR count). The van der Waals surface area contributed by atoms with Crippen molar-refractivity contribution < 1.29 is 4.79 Å². The number of nitrogens with zero attached hydrogens (tertiary/aromatic N) is 3. The summed E-state index contributed by atoms with van der Waals surface area (Å²) in [6, 6.07) is 1.85. The molecule has 0 fully saturated rings. The van der Waals surface area contributed by atoms with Crippen LogP contribution in [0.2, 0.25) is 0 Å². The van der Waals surface area contributed by atoms with Gasteiger partial charge in [-0.25, -0.2) is 15.5 Å². The quantitative estimate of drug-likeness (QED) is 0.491. The van der Waals surface area contributed by atoms with Crippen molar-refractivity contribution in [3.8, 4) is 0 Å². The van der Waals surface area contributed by atoms with Crippen LogP contribution >= 0.6 is 11.3 Å². The van der Waals surface area contributed by atoms with E-state index in [2.05, 4.69) is 15.5 Å². The molecule has 7 heteroatoms. The van der Waals surface area contributed by atoms with Gasteiger partial charge in [0.15, 0.2) is 0 Å². The lowest BCUT2D eigenvalue weighted by Crippen LogP contribution is -2.29. The zero-order valence-corrected chi connectivity index (χ0v) is 11.3. The molecule has 2 aromatic heterocycles. The number of nitrogens with one attached hydrogen (secondary N) is 1. The molecule has 0 aliphatic heterocycles. The highest BCUT2D eigenvalue weighted by Gasteiger charge is 2.13. The van der Waals surface area contributed by atoms with Crippen molar-refractivity contribution in [1.29, 1.82) is 0 Å². The molecule has 3 N–H and O–H groups in total. The average molecular weight is 265 g/mol. The normalized spacial score (nSPS) is 10.7. The van der Waals surface area contributed by atoms with Crippen LogP contribution in [0.3, 0.4) is 0 Å². The fourth-order valence-corrected chi connectivity index (χ4v) is 2.67. The lowest BCUT2D eigenvalue weighted by molar-refractivity contribution is 0.0957. The second kappa shape index (κ2) is 4.87. The fourth-order valence-electron chi connectivity index (χ4n) is 1.73. The molecule has 0 bridgehead atoms. The number of aromatic nitrogens is 3. The monoisotopic (exact) mass is 265 g/mol. The Balaban J connectivity index is 2.27. The van der Waals surface area contributed by atoms with Crippen LogP contribution in [-0.2, 0) is 6.54 Å². The lowest BCUT2D eigenvalue weighted by Gasteiger charge is -2.01. The van der Waals surface area contributed by atoms with E-state index in [0.717, 1.165) is 22.1 Å². The Morgan fingerprint density at radius 2 is 2.22 bits per heavy atom. The van der Waals surface area contributed by atoms with Crippen LogP contribution in [0.5, 0.6) is 0 Å². The van der Waals surface area contributed by atoms with Crippen molar-refractivity contribution in [2.24, 2.45) is 5.84 Å². The number of hydrogen-bond acceptors (Lipinski definition) is 5. The van der Waals surface area contributed by atoms with E-state index in [1.807, 2.05) is 31.5 Å². The van der Waals surface area contributed by atoms with Gasteiger partial charge in [0.25, 0.3) is 5.91 Å². The number of carbonyl (C=O) groups excluding carboxylic acids is 1. The van der Waals surface area contributed by atoms with E-state index >= 15 is 0 Å². The molecule has 0 radical (unpaired) electrons. The van der Waals surface area contributed by atoms with E-state index in [1.165, 1.54) is 11.3 Å². The Kier molecular flexibility index (Phi) is 3.44. The van der Waals surface area contributed by atoms with Gasteiger partial charge >= 0.3 is 0 Å². The summed E-state index contributed by atoms with van der Waals surface area (Å²) in [5, 5.41) is 4.31. The molecule has 0 aromatic carbocycles. The number of nitrogens with two attached hydrogens (primary N) is 1. The molecule has 0 atom stereocenters. The summed E-state index contributed by atoms with van der Waals surface area (Å²) in [7, 11) is 0. The first-order valence-electron chi connectivity index (χ1n) is 5.49. The fraction of sp³-hybridized carbons (Fsp3) is 0.364. The first-order valence-corrected chi connectivity index (χ1v) is 6.31. The van der Waals surface area contributed by atoms with Crippen molar-refractivity contribution >= 4 is 17.2 Å². The Hall–Kier alpha value is -1.73. The molecule has 0 aliphatic rings. The summed E-state index contributed by atoms with van der Waals surface area (Å²) in [6.45, 7) is 6.37. The van der Waals surface area contributed by atoms with Crippen LogP contribution < -0.4 is 11.3 Å². The van der Waals surface area contributed by atoms with Gasteiger partial charge in [0.05, 0.1) is 11.4 Å². The number of hydrogen-bond donors (Lipinski definition) is 2. The van der Waals surface area contributed by atoms with E-state index in [0.29, 0.717) is 11.4 Å². The standard InChI is InChI=1S/C11H15N5OS/c1-6-9(4-10(18-6)11(17)14-12)5-16-8(3)13-7(2)15-16/h4H,5,12H2,1-3H3,(H,14,17). The van der Waals surface area contributed by atoms with Gasteiger partial charge in [-0.05, 0) is 32.4 Å². The van der Waals surface area contributed by atoms with Gasteiger partial charge in [0.1, 0.15) is 11.6 Å². The second-order valence-corrected chi connectivity index (χ2v) is 5.29. The summed E-state index contributed by atoms with van der Waals surface area (Å²) in [5.74, 6) is 6.47. The highest BCUT2D eigenvalue weighted by Crippen LogP contribution is 2.22. The summed E-state index contributed by atoms with van der Waals surface area (Å²) < 4.78 is 1.83. The number of carbonyl (C=O) groups is 1. The summed E-state index contributed by atoms with van der Waals surface area (Å²) in [6.07, 6.45) is 0. The minimum absolute atomic E-state index is 0.263. The number of hydrazine groups is 1. The van der Waals surface area contributed by atoms with Gasteiger partial charge in [-0.15, -0.1) is 11.3 Å². The van der Waals surface area contributed by atoms with Gasteiger partial charge in [-0.3, -0.25) is 10.2 Å². The number of aryl methyl sites for hydroxylation is 3. The SMILES string of the molecule is Cc1nc(C)n(Cc2cc(C(=O)NN)sc2C)n1. The number of amides is 1. The molecule has 0 saturated heterocycles. The average Bonchev–Trinajstić information content (AvgIpc) is 2.83. The zero-order valence-electron chi connectivity index (χ0n) is 10.5. The molecule has 0 spiro atoms. The molecule has 0 unspecified atom stereocenters. The molecule has 0 saturated carbocycles. The van der Waals surface area contributed by atoms with Crippen LogP contribution in [0.15, 0.2) is 6.07 Å². The Labute approximate surface area is 109 Å². The van der Waals surface area contributed by atoms with Gasteiger partial charge < -0.3 is 0 Å². The predicted octanol–water partition coefficient (Wildman–Crippen LogP) is 0.917. The first kappa shape index (κ1) is 12.7. The third kappa shape index (κ3) is 2.41. The van der Waals surface area contributed by atoms with Crippen LogP contribution in [-0.4, -0.2) is 20.7 Å². The molecule has 0 aliphatic carbocycles. The summed E-state index contributed by atoms with van der Waals surface area (Å²) >= 11 is 1.43. The predicted molar refractivity (Wildman–Crippen MR) is 69.3 cm³/mol. The van der Waals surface area contributed by atoms with E-state index in [1.54, 1.807) is 0 Å². The van der Waals surface area contributed by atoms with Gasteiger partial charge in [-0.1, -0.05) is 0 Å². The molecule has 1 amide bonds. The molecule has 2 aromatic rings. The summed E-state index contributed by atoms with van der Waals surface area (Å²) in [4.78, 5) is 17.4. The number of nitrogen functional groups attached to an aromatic ring is 1. The van der Waals surface area contributed by atoms with Crippen LogP contribution in [0.4, 0.5) is 0 Å². The van der Waals surface area contributed by atoms with Crippen LogP contribution in [0.25, 0.3) is 0 Å². The number of rotatable bonds is 3. The third-order valence-electron chi connectivity index (χ3n) is 2.66. The topological polar surface area (TPSA) is 85.8 Å². The maximum atomic E-state index is 11.4. The highest BCUT2D eigenvalue weighted by molar-refractivity contribution is 7.14. The van der Waals surface area contributed by atoms with E-state index in [-0.39, 0.29) is 5.91 Å². The third-order valence-corrected chi connectivity index (χ3v) is 3.75. The molecule has 18 heavy (non-hydrogen) atoms. The minimum atomic E-state index is -0.263. The smallest absolute Gasteiger partial charge is 0.275 e. The largest absolute Gasteiger partial charge is 0.289 e. The van der Waals surface area contributed by atoms with Crippen molar-refractivity contribution in [2.75, 3.05) is 0 Å². The van der Waals surface area contributed by atoms with Gasteiger partial charge in [0, 0.05) is 4.88 Å². The molecule has 2 heterocycles. The summed E-state index contributed by atoms with van der Waals surface area (Å²) in [5.41, 5.74) is 3.20. The van der Waals surface area contributed by atoms with Crippen LogP contribution in [0.1, 0.15) is 31.8 Å². The molecule has 6 nitrogen and oxygen atoms in total. The highest BCUT2D eigenvalue weighted by atomic mass is 32.1. The van der Waals surface area contributed by atoms with E-state index in [9.17, 15) is 4.79 Å². The maximum Gasteiger partial charge on any atom is 0.275 e. The Morgan fingerprint density at radius 3 is 2.78 bits per heavy atom. The zero-order chi connectivity index (χ0) is 13.3. The van der Waals surface area contributed by atoms with Crippen molar-refractivity contribution in [3.05, 3.63) is 33.0 Å². The van der Waals surface area contributed by atoms with E-state index in [4.69, 9.17) is 5.84 Å².